The second kappa shape index (κ2) is 8.75. The molecule has 150 valence electrons. The summed E-state index contributed by atoms with van der Waals surface area (Å²) in [6.07, 6.45) is 4.13. The van der Waals surface area contributed by atoms with E-state index in [0.717, 1.165) is 31.2 Å². The Morgan fingerprint density at radius 1 is 1.07 bits per heavy atom. The van der Waals surface area contributed by atoms with Crippen LogP contribution >= 0.6 is 0 Å². The number of nitrogens with zero attached hydrogens (tertiary/aromatic N) is 1. The van der Waals surface area contributed by atoms with Crippen LogP contribution in [0.5, 0.6) is 5.75 Å². The maximum Gasteiger partial charge on any atom is 0.243 e. The Morgan fingerprint density at radius 2 is 1.75 bits per heavy atom. The van der Waals surface area contributed by atoms with Crippen molar-refractivity contribution in [3.63, 3.8) is 0 Å². The van der Waals surface area contributed by atoms with Gasteiger partial charge in [0.05, 0.1) is 18.6 Å². The number of sulfonamides is 1. The lowest BCUT2D eigenvalue weighted by atomic mass is 9.92. The number of likely N-dealkylation sites (N-methyl/N-ethyl adjacent to an activating group) is 1. The number of ether oxygens (including phenoxy) is 1. The van der Waals surface area contributed by atoms with Gasteiger partial charge in [0, 0.05) is 12.2 Å². The lowest BCUT2D eigenvalue weighted by Crippen LogP contribution is -2.37. The molecule has 28 heavy (non-hydrogen) atoms. The van der Waals surface area contributed by atoms with Gasteiger partial charge in [-0.2, -0.15) is 4.31 Å². The van der Waals surface area contributed by atoms with Crippen molar-refractivity contribution in [1.82, 2.24) is 4.31 Å². The molecule has 0 heterocycles. The second-order valence-electron chi connectivity index (χ2n) is 6.85. The third-order valence-corrected chi connectivity index (χ3v) is 6.92. The van der Waals surface area contributed by atoms with Crippen LogP contribution in [0, 0.1) is 0 Å². The maximum atomic E-state index is 13.1. The zero-order valence-corrected chi connectivity index (χ0v) is 17.1. The van der Waals surface area contributed by atoms with Crippen LogP contribution in [0.2, 0.25) is 0 Å². The largest absolute Gasteiger partial charge is 0.497 e. The predicted octanol–water partition coefficient (Wildman–Crippen LogP) is 3.22. The highest BCUT2D eigenvalue weighted by Crippen LogP contribution is 2.25. The highest BCUT2D eigenvalue weighted by molar-refractivity contribution is 7.89. The maximum absolute atomic E-state index is 13.1. The van der Waals surface area contributed by atoms with Gasteiger partial charge >= 0.3 is 0 Å². The Hall–Kier alpha value is -2.38. The average molecular weight is 403 g/mol. The number of carbonyl (C=O) groups excluding carboxylic acids is 1. The summed E-state index contributed by atoms with van der Waals surface area (Å²) in [7, 11) is -2.16. The summed E-state index contributed by atoms with van der Waals surface area (Å²) >= 11 is 0. The Bertz CT molecular complexity index is 939. The Morgan fingerprint density at radius 3 is 2.39 bits per heavy atom. The molecular formula is C21H26N2O4S. The summed E-state index contributed by atoms with van der Waals surface area (Å²) in [6, 6.07) is 12.2. The summed E-state index contributed by atoms with van der Waals surface area (Å²) in [4.78, 5) is 12.7. The summed E-state index contributed by atoms with van der Waals surface area (Å²) in [5.41, 5.74) is 2.92. The average Bonchev–Trinajstić information content (AvgIpc) is 2.72. The number of hydrogen-bond acceptors (Lipinski definition) is 4. The van der Waals surface area contributed by atoms with E-state index in [1.54, 1.807) is 50.4 Å². The second-order valence-corrected chi connectivity index (χ2v) is 8.78. The van der Waals surface area contributed by atoms with Gasteiger partial charge < -0.3 is 10.1 Å². The fourth-order valence-corrected chi connectivity index (χ4v) is 4.88. The molecule has 0 unspecified atom stereocenters. The molecule has 1 N–H and O–H groups in total. The van der Waals surface area contributed by atoms with Crippen molar-refractivity contribution >= 4 is 21.6 Å². The third kappa shape index (κ3) is 4.54. The van der Waals surface area contributed by atoms with Crippen molar-refractivity contribution in [2.75, 3.05) is 25.5 Å². The quantitative estimate of drug-likeness (QED) is 0.772. The van der Waals surface area contributed by atoms with E-state index in [9.17, 15) is 13.2 Å². The number of benzene rings is 2. The molecule has 2 aromatic rings. The fraction of sp³-hybridized carbons (Fsp3) is 0.381. The molecule has 2 aromatic carbocycles. The van der Waals surface area contributed by atoms with Crippen LogP contribution in [0.15, 0.2) is 47.4 Å². The van der Waals surface area contributed by atoms with Gasteiger partial charge in [0.2, 0.25) is 15.9 Å². The molecule has 1 aliphatic rings. The van der Waals surface area contributed by atoms with Gasteiger partial charge in [-0.3, -0.25) is 4.79 Å². The number of hydrogen-bond donors (Lipinski definition) is 1. The van der Waals surface area contributed by atoms with E-state index in [1.807, 2.05) is 6.07 Å². The number of carbonyl (C=O) groups is 1. The van der Waals surface area contributed by atoms with Crippen LogP contribution in [0.4, 0.5) is 5.69 Å². The zero-order valence-electron chi connectivity index (χ0n) is 16.3. The molecule has 0 atom stereocenters. The van der Waals surface area contributed by atoms with Gasteiger partial charge in [-0.1, -0.05) is 13.0 Å². The van der Waals surface area contributed by atoms with Crippen molar-refractivity contribution in [3.05, 3.63) is 53.6 Å². The van der Waals surface area contributed by atoms with Crippen molar-refractivity contribution in [2.45, 2.75) is 37.5 Å². The van der Waals surface area contributed by atoms with Crippen LogP contribution in [0.1, 0.15) is 30.9 Å². The topological polar surface area (TPSA) is 75.7 Å². The number of anilines is 1. The van der Waals surface area contributed by atoms with E-state index in [4.69, 9.17) is 4.74 Å². The number of aryl methyl sites for hydroxylation is 2. The minimum absolute atomic E-state index is 0.218. The normalized spacial score (nSPS) is 13.8. The molecule has 0 aromatic heterocycles. The number of fused-ring (bicyclic) bond motifs is 1. The van der Waals surface area contributed by atoms with Crippen molar-refractivity contribution in [2.24, 2.45) is 0 Å². The molecule has 0 fully saturated rings. The van der Waals surface area contributed by atoms with Gasteiger partial charge in [0.25, 0.3) is 0 Å². The molecule has 0 saturated heterocycles. The van der Waals surface area contributed by atoms with E-state index in [-0.39, 0.29) is 23.9 Å². The number of nitrogens with one attached hydrogen (secondary N) is 1. The highest BCUT2D eigenvalue weighted by Gasteiger charge is 2.26. The molecule has 1 aliphatic carbocycles. The Labute approximate surface area is 166 Å². The first-order valence-electron chi connectivity index (χ1n) is 9.50. The van der Waals surface area contributed by atoms with Gasteiger partial charge in [-0.25, -0.2) is 8.42 Å². The molecule has 0 aliphatic heterocycles. The van der Waals surface area contributed by atoms with E-state index < -0.39 is 10.0 Å². The lowest BCUT2D eigenvalue weighted by molar-refractivity contribution is -0.116. The fourth-order valence-electron chi connectivity index (χ4n) is 3.42. The summed E-state index contributed by atoms with van der Waals surface area (Å²) in [5, 5.41) is 2.73. The van der Waals surface area contributed by atoms with Gasteiger partial charge in [-0.15, -0.1) is 0 Å². The molecule has 6 nitrogen and oxygen atoms in total. The van der Waals surface area contributed by atoms with Crippen molar-refractivity contribution in [1.29, 1.82) is 0 Å². The number of rotatable bonds is 7. The van der Waals surface area contributed by atoms with Crippen LogP contribution in [-0.4, -0.2) is 38.8 Å². The minimum atomic E-state index is -3.73. The summed E-state index contributed by atoms with van der Waals surface area (Å²) in [5.74, 6) is 0.303. The van der Waals surface area contributed by atoms with Crippen LogP contribution in [-0.2, 0) is 27.7 Å². The first kappa shape index (κ1) is 20.4. The van der Waals surface area contributed by atoms with Gasteiger partial charge in [-0.05, 0) is 73.2 Å². The van der Waals surface area contributed by atoms with Crippen LogP contribution < -0.4 is 10.1 Å². The number of methoxy groups -OCH3 is 1. The summed E-state index contributed by atoms with van der Waals surface area (Å²) in [6.45, 7) is 1.72. The van der Waals surface area contributed by atoms with Gasteiger partial charge in [0.1, 0.15) is 5.75 Å². The molecule has 0 saturated carbocycles. The SMILES string of the molecule is CCN(CC(=O)Nc1ccc(OC)cc1)S(=O)(=O)c1ccc2c(c1)CCCC2. The van der Waals surface area contributed by atoms with Gasteiger partial charge in [0.15, 0.2) is 0 Å². The van der Waals surface area contributed by atoms with E-state index in [1.165, 1.54) is 9.87 Å². The molecule has 1 amide bonds. The van der Waals surface area contributed by atoms with Crippen molar-refractivity contribution < 1.29 is 17.9 Å². The monoisotopic (exact) mass is 402 g/mol. The molecule has 0 spiro atoms. The molecule has 0 radical (unpaired) electrons. The van der Waals surface area contributed by atoms with E-state index in [0.29, 0.717) is 11.4 Å². The first-order chi connectivity index (χ1) is 13.4. The molecule has 0 bridgehead atoms. The first-order valence-corrected chi connectivity index (χ1v) is 10.9. The van der Waals surface area contributed by atoms with E-state index >= 15 is 0 Å². The third-order valence-electron chi connectivity index (χ3n) is 5.00. The van der Waals surface area contributed by atoms with E-state index in [2.05, 4.69) is 5.32 Å². The standard InChI is InChI=1S/C21H26N2O4S/c1-3-23(15-21(24)22-18-9-11-19(27-2)12-10-18)28(25,26)20-13-8-16-6-4-5-7-17(16)14-20/h8-14H,3-7,15H2,1-2H3,(H,22,24). The molecule has 3 rings (SSSR count). The smallest absolute Gasteiger partial charge is 0.243 e. The Kier molecular flexibility index (Phi) is 6.36. The molecular weight excluding hydrogens is 376 g/mol. The van der Waals surface area contributed by atoms with Crippen molar-refractivity contribution in [3.8, 4) is 5.75 Å². The molecule has 7 heteroatoms. The minimum Gasteiger partial charge on any atom is -0.497 e. The number of amides is 1. The van der Waals surface area contributed by atoms with Crippen LogP contribution in [0.25, 0.3) is 0 Å². The summed E-state index contributed by atoms with van der Waals surface area (Å²) < 4.78 is 32.4. The highest BCUT2D eigenvalue weighted by atomic mass is 32.2. The zero-order chi connectivity index (χ0) is 20.1. The lowest BCUT2D eigenvalue weighted by Gasteiger charge is -2.22. The predicted molar refractivity (Wildman–Crippen MR) is 109 cm³/mol. The van der Waals surface area contributed by atoms with Crippen LogP contribution in [0.3, 0.4) is 0 Å². The Balaban J connectivity index is 1.73.